The van der Waals surface area contributed by atoms with Crippen LogP contribution >= 0.6 is 22.9 Å². The van der Waals surface area contributed by atoms with Gasteiger partial charge < -0.3 is 9.88 Å². The first-order valence-electron chi connectivity index (χ1n) is 8.49. The maximum Gasteiger partial charge on any atom is 0.272 e. The number of fused-ring (bicyclic) bond motifs is 1. The van der Waals surface area contributed by atoms with Crippen molar-refractivity contribution in [1.29, 1.82) is 0 Å². The third kappa shape index (κ3) is 3.75. The van der Waals surface area contributed by atoms with Gasteiger partial charge in [0.15, 0.2) is 0 Å². The Balaban J connectivity index is 1.61. The molecule has 0 unspecified atom stereocenters. The van der Waals surface area contributed by atoms with E-state index in [1.54, 1.807) is 11.3 Å². The van der Waals surface area contributed by atoms with Crippen LogP contribution in [-0.2, 0) is 13.0 Å². The number of amides is 1. The van der Waals surface area contributed by atoms with Crippen molar-refractivity contribution in [3.8, 4) is 0 Å². The van der Waals surface area contributed by atoms with Crippen LogP contribution in [0.4, 0.5) is 10.1 Å². The Kier molecular flexibility index (Phi) is 4.97. The third-order valence-corrected chi connectivity index (χ3v) is 5.54. The number of hydrogen-bond acceptors (Lipinski definition) is 2. The van der Waals surface area contributed by atoms with Gasteiger partial charge in [-0.05, 0) is 47.7 Å². The summed E-state index contributed by atoms with van der Waals surface area (Å²) < 4.78 is 16.4. The van der Waals surface area contributed by atoms with E-state index in [1.165, 1.54) is 23.8 Å². The molecule has 136 valence electrons. The van der Waals surface area contributed by atoms with E-state index in [0.717, 1.165) is 16.6 Å². The second-order valence-corrected chi connectivity index (χ2v) is 7.52. The number of nitrogens with one attached hydrogen (secondary N) is 1. The van der Waals surface area contributed by atoms with Crippen LogP contribution in [-0.4, -0.2) is 10.5 Å². The smallest absolute Gasteiger partial charge is 0.272 e. The molecular weight excluding hydrogens is 383 g/mol. The molecule has 2 aromatic carbocycles. The second kappa shape index (κ2) is 7.55. The lowest BCUT2D eigenvalue weighted by atomic mass is 10.1. The lowest BCUT2D eigenvalue weighted by molar-refractivity contribution is 0.101. The van der Waals surface area contributed by atoms with Crippen molar-refractivity contribution in [3.05, 3.63) is 88.1 Å². The van der Waals surface area contributed by atoms with Crippen LogP contribution in [0.5, 0.6) is 0 Å². The van der Waals surface area contributed by atoms with Gasteiger partial charge >= 0.3 is 0 Å². The molecule has 6 heteroatoms. The highest BCUT2D eigenvalue weighted by atomic mass is 35.5. The fourth-order valence-corrected chi connectivity index (χ4v) is 4.06. The van der Waals surface area contributed by atoms with Gasteiger partial charge in [-0.3, -0.25) is 4.79 Å². The largest absolute Gasteiger partial charge is 0.335 e. The van der Waals surface area contributed by atoms with E-state index in [4.69, 9.17) is 11.6 Å². The summed E-state index contributed by atoms with van der Waals surface area (Å²) in [4.78, 5) is 12.8. The summed E-state index contributed by atoms with van der Waals surface area (Å²) >= 11 is 7.41. The molecule has 1 N–H and O–H groups in total. The quantitative estimate of drug-likeness (QED) is 0.440. The van der Waals surface area contributed by atoms with Crippen LogP contribution in [0.25, 0.3) is 10.2 Å². The lowest BCUT2D eigenvalue weighted by Gasteiger charge is -2.11. The fraction of sp³-hybridized carbons (Fsp3) is 0.0952. The Morgan fingerprint density at radius 1 is 1.11 bits per heavy atom. The molecule has 27 heavy (non-hydrogen) atoms. The Hall–Kier alpha value is -2.63. The maximum atomic E-state index is 13.3. The Labute approximate surface area is 165 Å². The lowest BCUT2D eigenvalue weighted by Crippen LogP contribution is -2.17. The predicted molar refractivity (Wildman–Crippen MR) is 109 cm³/mol. The van der Waals surface area contributed by atoms with Crippen LogP contribution in [0.1, 0.15) is 16.1 Å². The first-order chi connectivity index (χ1) is 13.1. The number of benzene rings is 2. The van der Waals surface area contributed by atoms with Gasteiger partial charge in [0, 0.05) is 12.2 Å². The van der Waals surface area contributed by atoms with E-state index in [1.807, 2.05) is 40.3 Å². The van der Waals surface area contributed by atoms with Gasteiger partial charge in [-0.1, -0.05) is 41.9 Å². The molecule has 0 radical (unpaired) electrons. The Morgan fingerprint density at radius 2 is 1.93 bits per heavy atom. The molecule has 0 spiro atoms. The van der Waals surface area contributed by atoms with E-state index in [0.29, 0.717) is 17.9 Å². The van der Waals surface area contributed by atoms with Gasteiger partial charge in [0.05, 0.1) is 15.2 Å². The number of aromatic nitrogens is 1. The molecular formula is C21H16ClFN2OS. The third-order valence-electron chi connectivity index (χ3n) is 4.40. The van der Waals surface area contributed by atoms with Crippen LogP contribution in [0.15, 0.2) is 66.0 Å². The number of thiophene rings is 1. The average molecular weight is 399 g/mol. The first-order valence-corrected chi connectivity index (χ1v) is 9.74. The van der Waals surface area contributed by atoms with Crippen molar-refractivity contribution in [1.82, 2.24) is 4.57 Å². The summed E-state index contributed by atoms with van der Waals surface area (Å²) in [6, 6.07) is 18.2. The van der Waals surface area contributed by atoms with Crippen LogP contribution in [0.3, 0.4) is 0 Å². The SMILES string of the molecule is O=C(Nc1ccc(F)c(Cl)c1)c1cc2sccc2n1CCc1ccccc1. The van der Waals surface area contributed by atoms with Crippen LogP contribution in [0.2, 0.25) is 5.02 Å². The van der Waals surface area contributed by atoms with Gasteiger partial charge in [0.2, 0.25) is 0 Å². The molecule has 4 aromatic rings. The number of anilines is 1. The molecule has 0 bridgehead atoms. The molecule has 3 nitrogen and oxygen atoms in total. The highest BCUT2D eigenvalue weighted by Crippen LogP contribution is 2.27. The molecule has 2 aromatic heterocycles. The predicted octanol–water partition coefficient (Wildman–Crippen LogP) is 5.99. The van der Waals surface area contributed by atoms with Crippen molar-refractivity contribution in [2.75, 3.05) is 5.32 Å². The maximum absolute atomic E-state index is 13.3. The fourth-order valence-electron chi connectivity index (χ4n) is 3.06. The number of rotatable bonds is 5. The molecule has 0 saturated heterocycles. The number of carbonyl (C=O) groups excluding carboxylic acids is 1. The highest BCUT2D eigenvalue weighted by Gasteiger charge is 2.17. The zero-order valence-electron chi connectivity index (χ0n) is 14.3. The second-order valence-electron chi connectivity index (χ2n) is 6.17. The van der Waals surface area contributed by atoms with Crippen molar-refractivity contribution in [2.45, 2.75) is 13.0 Å². The standard InChI is InChI=1S/C21H16ClFN2OS/c22-16-12-15(6-7-17(16)23)24-21(26)19-13-20-18(9-11-27-20)25(19)10-8-14-4-2-1-3-5-14/h1-7,9,11-13H,8,10H2,(H,24,26). The van der Waals surface area contributed by atoms with Crippen molar-refractivity contribution < 1.29 is 9.18 Å². The molecule has 0 aliphatic carbocycles. The van der Waals surface area contributed by atoms with E-state index < -0.39 is 5.82 Å². The molecule has 2 heterocycles. The summed E-state index contributed by atoms with van der Waals surface area (Å²) in [7, 11) is 0. The van der Waals surface area contributed by atoms with Gasteiger partial charge in [-0.2, -0.15) is 0 Å². The van der Waals surface area contributed by atoms with Gasteiger partial charge in [0.25, 0.3) is 5.91 Å². The molecule has 0 aliphatic rings. The topological polar surface area (TPSA) is 34.0 Å². The van der Waals surface area contributed by atoms with Gasteiger partial charge in [-0.15, -0.1) is 11.3 Å². The average Bonchev–Trinajstić information content (AvgIpc) is 3.25. The highest BCUT2D eigenvalue weighted by molar-refractivity contribution is 7.17. The number of nitrogens with zero attached hydrogens (tertiary/aromatic N) is 1. The van der Waals surface area contributed by atoms with Crippen molar-refractivity contribution in [2.24, 2.45) is 0 Å². The molecule has 0 saturated carbocycles. The zero-order valence-corrected chi connectivity index (χ0v) is 15.9. The first kappa shape index (κ1) is 17.8. The molecule has 1 amide bonds. The molecule has 0 atom stereocenters. The Bertz CT molecular complexity index is 1100. The number of hydrogen-bond donors (Lipinski definition) is 1. The summed E-state index contributed by atoms with van der Waals surface area (Å²) in [6.07, 6.45) is 0.823. The molecule has 0 aliphatic heterocycles. The van der Waals surface area contributed by atoms with E-state index >= 15 is 0 Å². The van der Waals surface area contributed by atoms with Crippen LogP contribution < -0.4 is 5.32 Å². The molecule has 4 rings (SSSR count). The summed E-state index contributed by atoms with van der Waals surface area (Å²) in [5.41, 5.74) is 3.29. The number of halogens is 2. The van der Waals surface area contributed by atoms with E-state index in [9.17, 15) is 9.18 Å². The monoisotopic (exact) mass is 398 g/mol. The van der Waals surface area contributed by atoms with Gasteiger partial charge in [-0.25, -0.2) is 4.39 Å². The minimum atomic E-state index is -0.513. The number of aryl methyl sites for hydroxylation is 2. The summed E-state index contributed by atoms with van der Waals surface area (Å²) in [6.45, 7) is 0.692. The number of carbonyl (C=O) groups is 1. The normalized spacial score (nSPS) is 11.0. The summed E-state index contributed by atoms with van der Waals surface area (Å²) in [5, 5.41) is 4.81. The van der Waals surface area contributed by atoms with Gasteiger partial charge in [0.1, 0.15) is 11.5 Å². The zero-order chi connectivity index (χ0) is 18.8. The van der Waals surface area contributed by atoms with E-state index in [-0.39, 0.29) is 10.9 Å². The van der Waals surface area contributed by atoms with Crippen molar-refractivity contribution in [3.63, 3.8) is 0 Å². The summed E-state index contributed by atoms with van der Waals surface area (Å²) in [5.74, 6) is -0.754. The van der Waals surface area contributed by atoms with E-state index in [2.05, 4.69) is 17.4 Å². The minimum absolute atomic E-state index is 0.0201. The molecule has 0 fully saturated rings. The van der Waals surface area contributed by atoms with Crippen LogP contribution in [0, 0.1) is 5.82 Å². The van der Waals surface area contributed by atoms with Crippen molar-refractivity contribution >= 4 is 44.7 Å². The Morgan fingerprint density at radius 3 is 2.70 bits per heavy atom. The minimum Gasteiger partial charge on any atom is -0.335 e.